The van der Waals surface area contributed by atoms with Crippen molar-refractivity contribution in [2.45, 2.75) is 98.1 Å². The number of nitro benzene ring substituents is 1. The van der Waals surface area contributed by atoms with Gasteiger partial charge < -0.3 is 23.7 Å². The summed E-state index contributed by atoms with van der Waals surface area (Å²) in [6.07, 6.45) is 0.487. The van der Waals surface area contributed by atoms with Gasteiger partial charge in [-0.15, -0.1) is 0 Å². The molecule has 0 bridgehead atoms. The van der Waals surface area contributed by atoms with Gasteiger partial charge in [0.05, 0.1) is 38.8 Å². The Morgan fingerprint density at radius 2 is 1.21 bits per heavy atom. The Kier molecular flexibility index (Phi) is 17.3. The largest absolute Gasteiger partial charge is 0.497 e. The summed E-state index contributed by atoms with van der Waals surface area (Å²) in [6.45, 7) is 20.5. The number of non-ortho nitro benzene ring substituents is 1. The summed E-state index contributed by atoms with van der Waals surface area (Å²) in [5.41, 5.74) is -0.285. The van der Waals surface area contributed by atoms with Crippen molar-refractivity contribution >= 4 is 23.6 Å². The van der Waals surface area contributed by atoms with Crippen molar-refractivity contribution in [2.75, 3.05) is 79.7 Å². The molecule has 318 valence electrons. The summed E-state index contributed by atoms with van der Waals surface area (Å²) in [5, 5.41) is 11.5. The molecule has 1 saturated heterocycles. The molecule has 2 aromatic rings. The van der Waals surface area contributed by atoms with Gasteiger partial charge in [0.25, 0.3) is 5.69 Å². The van der Waals surface area contributed by atoms with Crippen molar-refractivity contribution in [3.05, 3.63) is 63.7 Å². The summed E-state index contributed by atoms with van der Waals surface area (Å²) in [7, 11) is 3.17. The highest BCUT2D eigenvalue weighted by molar-refractivity contribution is 5.73. The van der Waals surface area contributed by atoms with Gasteiger partial charge in [0.15, 0.2) is 0 Å². The minimum absolute atomic E-state index is 0.00762. The van der Waals surface area contributed by atoms with Crippen molar-refractivity contribution < 1.29 is 43.0 Å². The van der Waals surface area contributed by atoms with E-state index in [0.29, 0.717) is 70.3 Å². The van der Waals surface area contributed by atoms with E-state index in [4.69, 9.17) is 23.7 Å². The maximum absolute atomic E-state index is 13.5. The van der Waals surface area contributed by atoms with Gasteiger partial charge in [-0.1, -0.05) is 18.2 Å². The third kappa shape index (κ3) is 17.8. The monoisotopic (exact) mass is 799 g/mol. The van der Waals surface area contributed by atoms with Crippen LogP contribution in [0, 0.1) is 10.1 Å². The van der Waals surface area contributed by atoms with Gasteiger partial charge in [0, 0.05) is 82.2 Å². The van der Waals surface area contributed by atoms with Crippen molar-refractivity contribution in [2.24, 2.45) is 0 Å². The minimum atomic E-state index is -0.699. The summed E-state index contributed by atoms with van der Waals surface area (Å²) in [4.78, 5) is 59.2. The van der Waals surface area contributed by atoms with Crippen LogP contribution >= 0.6 is 0 Å². The molecule has 1 atom stereocenters. The van der Waals surface area contributed by atoms with E-state index in [-0.39, 0.29) is 49.3 Å². The molecular formula is C42H65N5O10. The number of nitro groups is 1. The number of carbonyl (C=O) groups excluding carboxylic acids is 3. The van der Waals surface area contributed by atoms with Crippen LogP contribution in [0.2, 0.25) is 0 Å². The number of benzene rings is 2. The van der Waals surface area contributed by atoms with Crippen molar-refractivity contribution in [1.29, 1.82) is 0 Å². The molecule has 2 aromatic carbocycles. The predicted octanol–water partition coefficient (Wildman–Crippen LogP) is 4.97. The molecule has 3 rings (SSSR count). The second-order valence-electron chi connectivity index (χ2n) is 17.5. The first kappa shape index (κ1) is 47.1. The van der Waals surface area contributed by atoms with Crippen molar-refractivity contribution in [3.63, 3.8) is 0 Å². The first-order chi connectivity index (χ1) is 26.5. The number of esters is 3. The number of carbonyl (C=O) groups is 3. The smallest absolute Gasteiger partial charge is 0.320 e. The Morgan fingerprint density at radius 1 is 0.719 bits per heavy atom. The maximum atomic E-state index is 13.5. The quantitative estimate of drug-likeness (QED) is 0.0972. The molecular weight excluding hydrogens is 734 g/mol. The molecule has 15 heteroatoms. The van der Waals surface area contributed by atoms with Crippen molar-refractivity contribution in [1.82, 2.24) is 19.6 Å². The Bertz CT molecular complexity index is 1590. The maximum Gasteiger partial charge on any atom is 0.320 e. The fourth-order valence-corrected chi connectivity index (χ4v) is 6.55. The second-order valence-corrected chi connectivity index (χ2v) is 17.5. The Morgan fingerprint density at radius 3 is 1.67 bits per heavy atom. The average molecular weight is 800 g/mol. The van der Waals surface area contributed by atoms with Gasteiger partial charge in [-0.2, -0.15) is 0 Å². The van der Waals surface area contributed by atoms with Gasteiger partial charge >= 0.3 is 17.9 Å². The van der Waals surface area contributed by atoms with E-state index in [9.17, 15) is 24.5 Å². The molecule has 1 fully saturated rings. The number of ether oxygens (including phenoxy) is 5. The number of hydrogen-bond donors (Lipinski definition) is 0. The Hall–Kier alpha value is -4.31. The minimum Gasteiger partial charge on any atom is -0.497 e. The Balaban J connectivity index is 2.06. The zero-order valence-corrected chi connectivity index (χ0v) is 35.9. The standard InChI is InChI=1S/C42H65N5O10/c1-40(2,3)55-37(48)28-43-18-19-44(29-38(49)56-41(4,5)6)21-23-46(22-20-43)34(24-31-12-15-33(16-13-31)47(51)52)27-45(30-39(50)57-42(7,8)9)26-32-14-17-35(53-10)25-36(32)54-11/h12-17,25,34H,18-24,26-30H2,1-11H3. The van der Waals surface area contributed by atoms with E-state index in [0.717, 1.165) is 11.1 Å². The van der Waals surface area contributed by atoms with Crippen LogP contribution in [0.15, 0.2) is 42.5 Å². The van der Waals surface area contributed by atoms with Crippen LogP contribution in [0.25, 0.3) is 0 Å². The van der Waals surface area contributed by atoms with E-state index >= 15 is 0 Å². The molecule has 1 aliphatic heterocycles. The lowest BCUT2D eigenvalue weighted by Gasteiger charge is -2.37. The molecule has 0 saturated carbocycles. The van der Waals surface area contributed by atoms with Crippen LogP contribution in [0.4, 0.5) is 5.69 Å². The summed E-state index contributed by atoms with van der Waals surface area (Å²) in [5.74, 6) is 0.168. The predicted molar refractivity (Wildman–Crippen MR) is 217 cm³/mol. The number of methoxy groups -OCH3 is 2. The summed E-state index contributed by atoms with van der Waals surface area (Å²) < 4.78 is 28.3. The van der Waals surface area contributed by atoms with E-state index in [1.807, 2.05) is 89.1 Å². The van der Waals surface area contributed by atoms with Gasteiger partial charge in [0.2, 0.25) is 0 Å². The summed E-state index contributed by atoms with van der Waals surface area (Å²) >= 11 is 0. The second kappa shape index (κ2) is 20.9. The molecule has 0 N–H and O–H groups in total. The van der Waals surface area contributed by atoms with E-state index < -0.39 is 21.7 Å². The molecule has 1 aliphatic rings. The van der Waals surface area contributed by atoms with Crippen LogP contribution in [-0.4, -0.2) is 145 Å². The Labute approximate surface area is 338 Å². The first-order valence-electron chi connectivity index (χ1n) is 19.5. The average Bonchev–Trinajstić information content (AvgIpc) is 3.16. The lowest BCUT2D eigenvalue weighted by Crippen LogP contribution is -2.50. The molecule has 0 radical (unpaired) electrons. The third-order valence-corrected chi connectivity index (χ3v) is 8.95. The van der Waals surface area contributed by atoms with Gasteiger partial charge in [-0.25, -0.2) is 0 Å². The first-order valence-corrected chi connectivity index (χ1v) is 19.5. The highest BCUT2D eigenvalue weighted by atomic mass is 16.6. The fraction of sp³-hybridized carbons (Fsp3) is 0.643. The molecule has 1 heterocycles. The van der Waals surface area contributed by atoms with Gasteiger partial charge in [0.1, 0.15) is 28.3 Å². The van der Waals surface area contributed by atoms with Crippen LogP contribution in [-0.2, 0) is 41.6 Å². The topological polar surface area (TPSA) is 153 Å². The summed E-state index contributed by atoms with van der Waals surface area (Å²) in [6, 6.07) is 11.8. The van der Waals surface area contributed by atoms with Crippen LogP contribution in [0.1, 0.15) is 73.4 Å². The van der Waals surface area contributed by atoms with Crippen LogP contribution < -0.4 is 9.47 Å². The molecule has 0 aromatic heterocycles. The zero-order chi connectivity index (χ0) is 42.6. The van der Waals surface area contributed by atoms with Gasteiger partial charge in [-0.05, 0) is 80.4 Å². The SMILES string of the molecule is COc1ccc(CN(CC(=O)OC(C)(C)C)CC(Cc2ccc([N+](=O)[O-])cc2)N2CCN(CC(=O)OC(C)(C)C)CCN(CC(=O)OC(C)(C)C)CC2)c(OC)c1. The molecule has 15 nitrogen and oxygen atoms in total. The van der Waals surface area contributed by atoms with Crippen LogP contribution in [0.5, 0.6) is 11.5 Å². The van der Waals surface area contributed by atoms with Crippen molar-refractivity contribution in [3.8, 4) is 11.5 Å². The zero-order valence-electron chi connectivity index (χ0n) is 35.9. The third-order valence-electron chi connectivity index (χ3n) is 8.95. The van der Waals surface area contributed by atoms with Gasteiger partial charge in [-0.3, -0.25) is 44.1 Å². The van der Waals surface area contributed by atoms with E-state index in [1.54, 1.807) is 32.4 Å². The molecule has 0 amide bonds. The lowest BCUT2D eigenvalue weighted by atomic mass is 10.0. The van der Waals surface area contributed by atoms with E-state index in [1.165, 1.54) is 12.1 Å². The number of rotatable bonds is 16. The molecule has 0 spiro atoms. The number of hydrogen-bond acceptors (Lipinski definition) is 14. The highest BCUT2D eigenvalue weighted by Crippen LogP contribution is 2.27. The number of nitrogens with zero attached hydrogens (tertiary/aromatic N) is 5. The molecule has 57 heavy (non-hydrogen) atoms. The van der Waals surface area contributed by atoms with E-state index in [2.05, 4.69) is 4.90 Å². The molecule has 0 aliphatic carbocycles. The highest BCUT2D eigenvalue weighted by Gasteiger charge is 2.30. The fourth-order valence-electron chi connectivity index (χ4n) is 6.55. The van der Waals surface area contributed by atoms with Crippen LogP contribution in [0.3, 0.4) is 0 Å². The lowest BCUT2D eigenvalue weighted by molar-refractivity contribution is -0.384. The normalized spacial score (nSPS) is 15.9. The molecule has 1 unspecified atom stereocenters.